The Morgan fingerprint density at radius 3 is 2.55 bits per heavy atom. The Kier molecular flexibility index (Phi) is 7.49. The fraction of sp³-hybridized carbons (Fsp3) is 0.238. The van der Waals surface area contributed by atoms with Crippen LogP contribution in [0, 0.1) is 17.0 Å². The number of nitrogens with zero attached hydrogens (tertiary/aromatic N) is 3. The fourth-order valence-corrected chi connectivity index (χ4v) is 3.17. The van der Waals surface area contributed by atoms with E-state index in [9.17, 15) is 14.9 Å². The highest BCUT2D eigenvalue weighted by atomic mass is 35.5. The van der Waals surface area contributed by atoms with E-state index >= 15 is 0 Å². The molecule has 0 bridgehead atoms. The number of hydrogen-bond acceptors (Lipinski definition) is 5. The van der Waals surface area contributed by atoms with E-state index in [1.165, 1.54) is 18.2 Å². The third kappa shape index (κ3) is 6.19. The summed E-state index contributed by atoms with van der Waals surface area (Å²) in [6.07, 6.45) is 2.49. The topological polar surface area (TPSA) is 99.3 Å². The number of hydrogen-bond donors (Lipinski definition) is 1. The number of halogens is 2. The Hall–Kier alpha value is -3.10. The van der Waals surface area contributed by atoms with E-state index < -0.39 is 4.92 Å². The molecule has 1 heterocycles. The summed E-state index contributed by atoms with van der Waals surface area (Å²) in [6, 6.07) is 11.0. The molecular formula is C21H20Cl2N4O4. The summed E-state index contributed by atoms with van der Waals surface area (Å²) in [7, 11) is 0. The van der Waals surface area contributed by atoms with Gasteiger partial charge in [-0.3, -0.25) is 19.6 Å². The molecule has 1 amide bonds. The van der Waals surface area contributed by atoms with E-state index in [0.29, 0.717) is 29.4 Å². The van der Waals surface area contributed by atoms with Gasteiger partial charge in [0.15, 0.2) is 0 Å². The van der Waals surface area contributed by atoms with E-state index in [1.54, 1.807) is 35.1 Å². The second-order valence-electron chi connectivity index (χ2n) is 6.79. The molecule has 0 spiro atoms. The van der Waals surface area contributed by atoms with E-state index in [0.717, 1.165) is 17.7 Å². The number of amides is 1. The van der Waals surface area contributed by atoms with Gasteiger partial charge >= 0.3 is 0 Å². The highest BCUT2D eigenvalue weighted by Crippen LogP contribution is 2.29. The van der Waals surface area contributed by atoms with Crippen LogP contribution in [0.2, 0.25) is 10.0 Å². The first-order valence-electron chi connectivity index (χ1n) is 9.47. The number of benzene rings is 2. The van der Waals surface area contributed by atoms with Crippen molar-refractivity contribution in [3.05, 3.63) is 85.6 Å². The monoisotopic (exact) mass is 462 g/mol. The number of aryl methyl sites for hydroxylation is 2. The van der Waals surface area contributed by atoms with Gasteiger partial charge in [-0.15, -0.1) is 0 Å². The van der Waals surface area contributed by atoms with Crippen LogP contribution in [0.3, 0.4) is 0 Å². The minimum atomic E-state index is -0.520. The molecule has 0 radical (unpaired) electrons. The number of nitrogens with one attached hydrogen (secondary N) is 1. The average molecular weight is 463 g/mol. The third-order valence-electron chi connectivity index (χ3n) is 4.47. The SMILES string of the molecule is Cc1nn(CCCNC(=O)c2ccc(COc3ccc([N+](=O)[O-])cc3Cl)cc2)cc1Cl. The largest absolute Gasteiger partial charge is 0.487 e. The Labute approximate surface area is 188 Å². The Morgan fingerprint density at radius 2 is 1.94 bits per heavy atom. The van der Waals surface area contributed by atoms with Gasteiger partial charge in [0, 0.05) is 37.0 Å². The number of rotatable bonds is 9. The summed E-state index contributed by atoms with van der Waals surface area (Å²) >= 11 is 12.0. The van der Waals surface area contributed by atoms with Gasteiger partial charge in [-0.05, 0) is 37.1 Å². The first-order chi connectivity index (χ1) is 14.8. The molecule has 31 heavy (non-hydrogen) atoms. The molecule has 1 aromatic heterocycles. The smallest absolute Gasteiger partial charge is 0.271 e. The number of ether oxygens (including phenoxy) is 1. The molecule has 0 aliphatic heterocycles. The molecule has 3 aromatic rings. The van der Waals surface area contributed by atoms with Crippen LogP contribution >= 0.6 is 23.2 Å². The van der Waals surface area contributed by atoms with Gasteiger partial charge in [0.2, 0.25) is 0 Å². The van der Waals surface area contributed by atoms with Crippen LogP contribution < -0.4 is 10.1 Å². The summed E-state index contributed by atoms with van der Waals surface area (Å²) in [6.45, 7) is 3.23. The minimum Gasteiger partial charge on any atom is -0.487 e. The van der Waals surface area contributed by atoms with Crippen LogP contribution in [0.15, 0.2) is 48.7 Å². The lowest BCUT2D eigenvalue weighted by Gasteiger charge is -2.09. The maximum absolute atomic E-state index is 12.3. The van der Waals surface area contributed by atoms with Crippen LogP contribution in [-0.2, 0) is 13.2 Å². The molecule has 0 fully saturated rings. The average Bonchev–Trinajstić information content (AvgIpc) is 3.07. The van der Waals surface area contributed by atoms with Gasteiger partial charge in [-0.25, -0.2) is 0 Å². The molecule has 0 atom stereocenters. The van der Waals surface area contributed by atoms with Crippen molar-refractivity contribution in [2.45, 2.75) is 26.5 Å². The van der Waals surface area contributed by atoms with Crippen molar-refractivity contribution in [2.75, 3.05) is 6.54 Å². The first-order valence-corrected chi connectivity index (χ1v) is 10.2. The lowest BCUT2D eigenvalue weighted by molar-refractivity contribution is -0.384. The molecular weight excluding hydrogens is 443 g/mol. The molecule has 8 nitrogen and oxygen atoms in total. The van der Waals surface area contributed by atoms with Crippen molar-refractivity contribution in [3.8, 4) is 5.75 Å². The maximum Gasteiger partial charge on any atom is 0.271 e. The van der Waals surface area contributed by atoms with E-state index in [-0.39, 0.29) is 23.2 Å². The highest BCUT2D eigenvalue weighted by Gasteiger charge is 2.11. The number of carbonyl (C=O) groups is 1. The van der Waals surface area contributed by atoms with Crippen molar-refractivity contribution in [1.29, 1.82) is 0 Å². The predicted molar refractivity (Wildman–Crippen MR) is 118 cm³/mol. The molecule has 3 rings (SSSR count). The number of non-ortho nitro benzene ring substituents is 1. The van der Waals surface area contributed by atoms with Gasteiger partial charge in [-0.1, -0.05) is 35.3 Å². The van der Waals surface area contributed by atoms with Crippen LogP contribution in [0.5, 0.6) is 5.75 Å². The lowest BCUT2D eigenvalue weighted by Crippen LogP contribution is -2.25. The molecule has 0 saturated carbocycles. The Bertz CT molecular complexity index is 1060. The second kappa shape index (κ2) is 10.3. The summed E-state index contributed by atoms with van der Waals surface area (Å²) in [5.74, 6) is 0.184. The summed E-state index contributed by atoms with van der Waals surface area (Å²) < 4.78 is 7.38. The van der Waals surface area contributed by atoms with Crippen LogP contribution in [0.4, 0.5) is 5.69 Å². The molecule has 0 aliphatic carbocycles. The predicted octanol–water partition coefficient (Wildman–Crippen LogP) is 4.81. The van der Waals surface area contributed by atoms with Crippen molar-refractivity contribution in [2.24, 2.45) is 0 Å². The normalized spacial score (nSPS) is 10.7. The highest BCUT2D eigenvalue weighted by molar-refractivity contribution is 6.32. The zero-order valence-electron chi connectivity index (χ0n) is 16.7. The summed E-state index contributed by atoms with van der Waals surface area (Å²) in [4.78, 5) is 22.5. The van der Waals surface area contributed by atoms with E-state index in [1.807, 2.05) is 6.92 Å². The maximum atomic E-state index is 12.3. The lowest BCUT2D eigenvalue weighted by atomic mass is 10.1. The van der Waals surface area contributed by atoms with Gasteiger partial charge < -0.3 is 10.1 Å². The van der Waals surface area contributed by atoms with Crippen LogP contribution in [0.25, 0.3) is 0 Å². The van der Waals surface area contributed by atoms with Crippen molar-refractivity contribution >= 4 is 34.8 Å². The molecule has 2 aromatic carbocycles. The van der Waals surface area contributed by atoms with Gasteiger partial charge in [0.05, 0.1) is 20.7 Å². The zero-order chi connectivity index (χ0) is 22.4. The van der Waals surface area contributed by atoms with Crippen LogP contribution in [-0.4, -0.2) is 27.2 Å². The standard InChI is InChI=1S/C21H20Cl2N4O4/c1-14-19(23)12-26(25-14)10-2-9-24-21(28)16-5-3-15(4-6-16)13-31-20-8-7-17(27(29)30)11-18(20)22/h3-8,11-12H,2,9-10,13H2,1H3,(H,24,28). The quantitative estimate of drug-likeness (QED) is 0.279. The van der Waals surface area contributed by atoms with Crippen molar-refractivity contribution < 1.29 is 14.5 Å². The molecule has 0 saturated heterocycles. The van der Waals surface area contributed by atoms with E-state index in [2.05, 4.69) is 10.4 Å². The van der Waals surface area contributed by atoms with Gasteiger partial charge in [-0.2, -0.15) is 5.10 Å². The second-order valence-corrected chi connectivity index (χ2v) is 7.61. The molecule has 162 valence electrons. The Morgan fingerprint density at radius 1 is 1.19 bits per heavy atom. The molecule has 0 unspecified atom stereocenters. The number of nitro benzene ring substituents is 1. The fourth-order valence-electron chi connectivity index (χ4n) is 2.79. The van der Waals surface area contributed by atoms with Crippen molar-refractivity contribution in [3.63, 3.8) is 0 Å². The Balaban J connectivity index is 1.45. The zero-order valence-corrected chi connectivity index (χ0v) is 18.2. The minimum absolute atomic E-state index is 0.101. The third-order valence-corrected chi connectivity index (χ3v) is 5.14. The number of aromatic nitrogens is 2. The molecule has 1 N–H and O–H groups in total. The molecule has 0 aliphatic rings. The van der Waals surface area contributed by atoms with Crippen molar-refractivity contribution in [1.82, 2.24) is 15.1 Å². The first kappa shape index (κ1) is 22.6. The van der Waals surface area contributed by atoms with E-state index in [4.69, 9.17) is 27.9 Å². The van der Waals surface area contributed by atoms with Crippen LogP contribution in [0.1, 0.15) is 28.0 Å². The summed E-state index contributed by atoms with van der Waals surface area (Å²) in [5, 5.41) is 18.7. The number of carbonyl (C=O) groups excluding carboxylic acids is 1. The van der Waals surface area contributed by atoms with Gasteiger partial charge in [0.25, 0.3) is 11.6 Å². The van der Waals surface area contributed by atoms with Gasteiger partial charge in [0.1, 0.15) is 12.4 Å². The number of nitro groups is 1. The summed E-state index contributed by atoms with van der Waals surface area (Å²) in [5.41, 5.74) is 2.05. The molecule has 10 heteroatoms.